The number of rotatable bonds is 6. The Bertz CT molecular complexity index is 421. The first-order valence-corrected chi connectivity index (χ1v) is 5.66. The molecule has 0 bridgehead atoms. The van der Waals surface area contributed by atoms with Crippen LogP contribution in [0.1, 0.15) is 13.3 Å². The molecule has 1 rings (SSSR count). The molecule has 4 N–H and O–H groups in total. The van der Waals surface area contributed by atoms with Crippen molar-refractivity contribution < 1.29 is 14.3 Å². The van der Waals surface area contributed by atoms with Crippen molar-refractivity contribution >= 4 is 23.3 Å². The Morgan fingerprint density at radius 2 is 1.94 bits per heavy atom. The van der Waals surface area contributed by atoms with Crippen LogP contribution in [0.5, 0.6) is 0 Å². The molecule has 0 spiro atoms. The second-order valence-electron chi connectivity index (χ2n) is 3.67. The van der Waals surface area contributed by atoms with Gasteiger partial charge in [-0.3, -0.25) is 4.79 Å². The Hall–Kier alpha value is -2.08. The Kier molecular flexibility index (Phi) is 5.66. The third-order valence-corrected chi connectivity index (χ3v) is 2.00. The second kappa shape index (κ2) is 7.29. The summed E-state index contributed by atoms with van der Waals surface area (Å²) >= 11 is 0. The summed E-state index contributed by atoms with van der Waals surface area (Å²) in [7, 11) is 0. The van der Waals surface area contributed by atoms with Gasteiger partial charge in [-0.2, -0.15) is 0 Å². The zero-order valence-electron chi connectivity index (χ0n) is 10.2. The molecule has 0 fully saturated rings. The molecule has 18 heavy (non-hydrogen) atoms. The first-order valence-electron chi connectivity index (χ1n) is 5.66. The minimum atomic E-state index is -0.648. The van der Waals surface area contributed by atoms with Crippen LogP contribution in [0.15, 0.2) is 24.3 Å². The van der Waals surface area contributed by atoms with E-state index in [0.29, 0.717) is 18.0 Å². The van der Waals surface area contributed by atoms with Crippen LogP contribution in [0.25, 0.3) is 0 Å². The van der Waals surface area contributed by atoms with Crippen molar-refractivity contribution in [1.29, 1.82) is 0 Å². The maximum Gasteiger partial charge on any atom is 0.316 e. The maximum absolute atomic E-state index is 11.5. The molecule has 0 saturated heterocycles. The van der Waals surface area contributed by atoms with Crippen LogP contribution in [0.4, 0.5) is 16.2 Å². The van der Waals surface area contributed by atoms with Gasteiger partial charge in [0.25, 0.3) is 0 Å². The van der Waals surface area contributed by atoms with Crippen molar-refractivity contribution in [3.63, 3.8) is 0 Å². The van der Waals surface area contributed by atoms with E-state index in [1.54, 1.807) is 24.3 Å². The Balaban J connectivity index is 2.51. The van der Waals surface area contributed by atoms with Crippen molar-refractivity contribution in [2.24, 2.45) is 5.73 Å². The zero-order chi connectivity index (χ0) is 13.4. The standard InChI is InChI=1S/C12H17N3O3/c1-2-6-18-8-11(16)14-9-4-3-5-10(7-9)15-12(13)17/h3-5,7H,2,6,8H2,1H3,(H,14,16)(H3,13,15,17). The number of amides is 3. The van der Waals surface area contributed by atoms with Gasteiger partial charge in [0.15, 0.2) is 0 Å². The summed E-state index contributed by atoms with van der Waals surface area (Å²) in [4.78, 5) is 22.2. The van der Waals surface area contributed by atoms with Gasteiger partial charge in [-0.15, -0.1) is 0 Å². The zero-order valence-corrected chi connectivity index (χ0v) is 10.2. The molecule has 0 radical (unpaired) electrons. The molecule has 6 nitrogen and oxygen atoms in total. The minimum Gasteiger partial charge on any atom is -0.372 e. The van der Waals surface area contributed by atoms with Crippen LogP contribution < -0.4 is 16.4 Å². The van der Waals surface area contributed by atoms with Crippen molar-refractivity contribution in [3.8, 4) is 0 Å². The normalized spacial score (nSPS) is 9.83. The van der Waals surface area contributed by atoms with Gasteiger partial charge in [-0.25, -0.2) is 4.79 Å². The van der Waals surface area contributed by atoms with Crippen LogP contribution >= 0.6 is 0 Å². The monoisotopic (exact) mass is 251 g/mol. The fourth-order valence-corrected chi connectivity index (χ4v) is 1.32. The molecule has 0 aliphatic heterocycles. The van der Waals surface area contributed by atoms with Gasteiger partial charge in [0.1, 0.15) is 6.61 Å². The molecule has 1 aromatic rings. The number of nitrogens with one attached hydrogen (secondary N) is 2. The number of primary amides is 1. The molecule has 3 amide bonds. The van der Waals surface area contributed by atoms with Crippen molar-refractivity contribution in [2.75, 3.05) is 23.8 Å². The molecule has 1 aromatic carbocycles. The Morgan fingerprint density at radius 3 is 2.56 bits per heavy atom. The topological polar surface area (TPSA) is 93.4 Å². The number of carbonyl (C=O) groups excluding carboxylic acids is 2. The summed E-state index contributed by atoms with van der Waals surface area (Å²) in [5.74, 6) is -0.236. The largest absolute Gasteiger partial charge is 0.372 e. The molecule has 0 aliphatic rings. The van der Waals surface area contributed by atoms with Gasteiger partial charge in [-0.1, -0.05) is 13.0 Å². The van der Waals surface area contributed by atoms with E-state index in [4.69, 9.17) is 10.5 Å². The molecule has 98 valence electrons. The third kappa shape index (κ3) is 5.31. The molecule has 0 aromatic heterocycles. The van der Waals surface area contributed by atoms with E-state index in [1.165, 1.54) is 0 Å². The summed E-state index contributed by atoms with van der Waals surface area (Å²) in [6.45, 7) is 2.54. The highest BCUT2D eigenvalue weighted by Crippen LogP contribution is 2.14. The molecule has 0 heterocycles. The van der Waals surface area contributed by atoms with Crippen molar-refractivity contribution in [2.45, 2.75) is 13.3 Å². The van der Waals surface area contributed by atoms with Crippen LogP contribution in [0.2, 0.25) is 0 Å². The number of urea groups is 1. The van der Waals surface area contributed by atoms with Gasteiger partial charge in [0.05, 0.1) is 0 Å². The summed E-state index contributed by atoms with van der Waals surface area (Å²) in [5.41, 5.74) is 6.10. The lowest BCUT2D eigenvalue weighted by atomic mass is 10.2. The van der Waals surface area contributed by atoms with Gasteiger partial charge in [0.2, 0.25) is 5.91 Å². The number of benzene rings is 1. The number of carbonyl (C=O) groups is 2. The average molecular weight is 251 g/mol. The molecular formula is C12H17N3O3. The number of nitrogens with two attached hydrogens (primary N) is 1. The van der Waals surface area contributed by atoms with Crippen LogP contribution in [0, 0.1) is 0 Å². The molecule has 0 aliphatic carbocycles. The van der Waals surface area contributed by atoms with E-state index in [9.17, 15) is 9.59 Å². The van der Waals surface area contributed by atoms with Crippen LogP contribution in [-0.4, -0.2) is 25.2 Å². The fourth-order valence-electron chi connectivity index (χ4n) is 1.32. The number of anilines is 2. The van der Waals surface area contributed by atoms with E-state index < -0.39 is 6.03 Å². The summed E-state index contributed by atoms with van der Waals surface area (Å²) < 4.78 is 5.11. The smallest absolute Gasteiger partial charge is 0.316 e. The molecular weight excluding hydrogens is 234 g/mol. The third-order valence-electron chi connectivity index (χ3n) is 2.00. The van der Waals surface area contributed by atoms with E-state index in [1.807, 2.05) is 6.92 Å². The fraction of sp³-hybridized carbons (Fsp3) is 0.333. The van der Waals surface area contributed by atoms with Crippen molar-refractivity contribution in [1.82, 2.24) is 0 Å². The van der Waals surface area contributed by atoms with Gasteiger partial charge < -0.3 is 21.1 Å². The van der Waals surface area contributed by atoms with E-state index in [0.717, 1.165) is 6.42 Å². The van der Waals surface area contributed by atoms with Gasteiger partial charge in [0, 0.05) is 18.0 Å². The summed E-state index contributed by atoms with van der Waals surface area (Å²) in [6, 6.07) is 6.05. The molecule has 6 heteroatoms. The predicted octanol–water partition coefficient (Wildman–Crippen LogP) is 1.54. The lowest BCUT2D eigenvalue weighted by Gasteiger charge is -2.07. The van der Waals surface area contributed by atoms with Crippen molar-refractivity contribution in [3.05, 3.63) is 24.3 Å². The number of ether oxygens (including phenoxy) is 1. The highest BCUT2D eigenvalue weighted by atomic mass is 16.5. The Morgan fingerprint density at radius 1 is 1.28 bits per heavy atom. The summed E-state index contributed by atoms with van der Waals surface area (Å²) in [6.07, 6.45) is 0.866. The first-order chi connectivity index (χ1) is 8.61. The molecule has 0 saturated carbocycles. The second-order valence-corrected chi connectivity index (χ2v) is 3.67. The number of hydrogen-bond donors (Lipinski definition) is 3. The predicted molar refractivity (Wildman–Crippen MR) is 69.4 cm³/mol. The lowest BCUT2D eigenvalue weighted by Crippen LogP contribution is -2.20. The number of hydrogen-bond acceptors (Lipinski definition) is 3. The van der Waals surface area contributed by atoms with Gasteiger partial charge in [-0.05, 0) is 24.6 Å². The maximum atomic E-state index is 11.5. The quantitative estimate of drug-likeness (QED) is 0.669. The molecule has 0 unspecified atom stereocenters. The molecule has 0 atom stereocenters. The van der Waals surface area contributed by atoms with E-state index >= 15 is 0 Å². The summed E-state index contributed by atoms with van der Waals surface area (Å²) in [5, 5.41) is 5.09. The SMILES string of the molecule is CCCOCC(=O)Nc1cccc(NC(N)=O)c1. The van der Waals surface area contributed by atoms with Crippen LogP contribution in [-0.2, 0) is 9.53 Å². The van der Waals surface area contributed by atoms with E-state index in [2.05, 4.69) is 10.6 Å². The first kappa shape index (κ1) is 14.0. The lowest BCUT2D eigenvalue weighted by molar-refractivity contribution is -0.120. The Labute approximate surface area is 105 Å². The van der Waals surface area contributed by atoms with Crippen LogP contribution in [0.3, 0.4) is 0 Å². The van der Waals surface area contributed by atoms with Gasteiger partial charge >= 0.3 is 6.03 Å². The van der Waals surface area contributed by atoms with E-state index in [-0.39, 0.29) is 12.5 Å². The highest BCUT2D eigenvalue weighted by Gasteiger charge is 2.03. The highest BCUT2D eigenvalue weighted by molar-refractivity contribution is 5.93. The average Bonchev–Trinajstić information content (AvgIpc) is 2.28. The minimum absolute atomic E-state index is 0.0152.